The van der Waals surface area contributed by atoms with Gasteiger partial charge in [0.2, 0.25) is 10.0 Å². The van der Waals surface area contributed by atoms with Crippen molar-refractivity contribution in [3.63, 3.8) is 0 Å². The molecular formula is C11H18N2O3S. The summed E-state index contributed by atoms with van der Waals surface area (Å²) in [5.74, 6) is 0.531. The number of hydrogen-bond acceptors (Lipinski definition) is 4. The Labute approximate surface area is 102 Å². The van der Waals surface area contributed by atoms with E-state index >= 15 is 0 Å². The molecule has 0 aliphatic rings. The fourth-order valence-corrected chi connectivity index (χ4v) is 2.43. The molecule has 6 heteroatoms. The molecule has 0 atom stereocenters. The third kappa shape index (κ3) is 4.33. The van der Waals surface area contributed by atoms with Gasteiger partial charge >= 0.3 is 0 Å². The monoisotopic (exact) mass is 258 g/mol. The second-order valence-corrected chi connectivity index (χ2v) is 5.30. The summed E-state index contributed by atoms with van der Waals surface area (Å²) < 4.78 is 31.3. The topological polar surface area (TPSA) is 67.4 Å². The molecule has 0 saturated carbocycles. The van der Waals surface area contributed by atoms with E-state index in [2.05, 4.69) is 10.0 Å². The molecular weight excluding hydrogens is 240 g/mol. The maximum Gasteiger partial charge on any atom is 0.240 e. The average Bonchev–Trinajstić information content (AvgIpc) is 2.35. The first-order chi connectivity index (χ1) is 8.10. The summed E-state index contributed by atoms with van der Waals surface area (Å²) in [6.45, 7) is 1.20. The Bertz CT molecular complexity index is 446. The van der Waals surface area contributed by atoms with Crippen molar-refractivity contribution in [1.82, 2.24) is 10.0 Å². The largest absolute Gasteiger partial charge is 0.497 e. The van der Waals surface area contributed by atoms with Gasteiger partial charge in [-0.1, -0.05) is 6.07 Å². The van der Waals surface area contributed by atoms with Crippen LogP contribution in [0.1, 0.15) is 6.42 Å². The van der Waals surface area contributed by atoms with Crippen LogP contribution in [0.2, 0.25) is 0 Å². The molecule has 0 amide bonds. The molecule has 0 bridgehead atoms. The van der Waals surface area contributed by atoms with Crippen molar-refractivity contribution in [2.75, 3.05) is 27.2 Å². The van der Waals surface area contributed by atoms with Crippen LogP contribution >= 0.6 is 0 Å². The van der Waals surface area contributed by atoms with Crippen molar-refractivity contribution in [3.8, 4) is 5.75 Å². The lowest BCUT2D eigenvalue weighted by atomic mass is 10.3. The van der Waals surface area contributed by atoms with E-state index in [0.29, 0.717) is 12.3 Å². The zero-order valence-electron chi connectivity index (χ0n) is 10.1. The summed E-state index contributed by atoms with van der Waals surface area (Å²) in [5.41, 5.74) is 0. The SMILES string of the molecule is CNCCCNS(=O)(=O)c1cccc(OC)c1. The smallest absolute Gasteiger partial charge is 0.240 e. The molecule has 2 N–H and O–H groups in total. The highest BCUT2D eigenvalue weighted by molar-refractivity contribution is 7.89. The summed E-state index contributed by atoms with van der Waals surface area (Å²) in [7, 11) is -0.0952. The first-order valence-corrected chi connectivity index (χ1v) is 6.87. The van der Waals surface area contributed by atoms with E-state index in [9.17, 15) is 8.42 Å². The van der Waals surface area contributed by atoms with Crippen molar-refractivity contribution < 1.29 is 13.2 Å². The van der Waals surface area contributed by atoms with Crippen molar-refractivity contribution in [3.05, 3.63) is 24.3 Å². The maximum absolute atomic E-state index is 11.9. The fourth-order valence-electron chi connectivity index (χ4n) is 1.32. The standard InChI is InChI=1S/C11H18N2O3S/c1-12-7-4-8-13-17(14,15)11-6-3-5-10(9-11)16-2/h3,5-6,9,12-13H,4,7-8H2,1-2H3. The molecule has 1 aromatic carbocycles. The van der Waals surface area contributed by atoms with Gasteiger partial charge in [0.1, 0.15) is 5.75 Å². The van der Waals surface area contributed by atoms with Gasteiger partial charge in [0.05, 0.1) is 12.0 Å². The highest BCUT2D eigenvalue weighted by atomic mass is 32.2. The summed E-state index contributed by atoms with van der Waals surface area (Å²) in [6, 6.07) is 6.41. The number of sulfonamides is 1. The summed E-state index contributed by atoms with van der Waals surface area (Å²) in [5, 5.41) is 2.96. The van der Waals surface area contributed by atoms with E-state index in [1.54, 1.807) is 18.2 Å². The van der Waals surface area contributed by atoms with Gasteiger partial charge in [0.15, 0.2) is 0 Å². The Morgan fingerprint density at radius 1 is 1.29 bits per heavy atom. The van der Waals surface area contributed by atoms with Crippen LogP contribution in [-0.4, -0.2) is 35.7 Å². The minimum Gasteiger partial charge on any atom is -0.497 e. The number of hydrogen-bond donors (Lipinski definition) is 2. The number of benzene rings is 1. The number of rotatable bonds is 7. The molecule has 5 nitrogen and oxygen atoms in total. The number of methoxy groups -OCH3 is 1. The molecule has 0 saturated heterocycles. The zero-order valence-corrected chi connectivity index (χ0v) is 10.9. The quantitative estimate of drug-likeness (QED) is 0.702. The molecule has 0 aliphatic heterocycles. The third-order valence-corrected chi connectivity index (χ3v) is 3.71. The lowest BCUT2D eigenvalue weighted by molar-refractivity contribution is 0.413. The lowest BCUT2D eigenvalue weighted by Crippen LogP contribution is -2.26. The Morgan fingerprint density at radius 3 is 2.71 bits per heavy atom. The van der Waals surface area contributed by atoms with Gasteiger partial charge in [-0.15, -0.1) is 0 Å². The van der Waals surface area contributed by atoms with E-state index in [0.717, 1.165) is 13.0 Å². The van der Waals surface area contributed by atoms with Crippen LogP contribution in [0.3, 0.4) is 0 Å². The fraction of sp³-hybridized carbons (Fsp3) is 0.455. The number of ether oxygens (including phenoxy) is 1. The van der Waals surface area contributed by atoms with E-state index in [1.807, 2.05) is 7.05 Å². The molecule has 0 unspecified atom stereocenters. The van der Waals surface area contributed by atoms with Crippen LogP contribution in [0.25, 0.3) is 0 Å². The van der Waals surface area contributed by atoms with Crippen LogP contribution < -0.4 is 14.8 Å². The minimum absolute atomic E-state index is 0.223. The van der Waals surface area contributed by atoms with Crippen LogP contribution in [0.5, 0.6) is 5.75 Å². The highest BCUT2D eigenvalue weighted by Gasteiger charge is 2.13. The second kappa shape index (κ2) is 6.58. The van der Waals surface area contributed by atoms with E-state index in [-0.39, 0.29) is 4.90 Å². The second-order valence-electron chi connectivity index (χ2n) is 3.53. The first kappa shape index (κ1) is 14.0. The summed E-state index contributed by atoms with van der Waals surface area (Å²) in [4.78, 5) is 0.223. The lowest BCUT2D eigenvalue weighted by Gasteiger charge is -2.07. The molecule has 0 aromatic heterocycles. The summed E-state index contributed by atoms with van der Waals surface area (Å²) >= 11 is 0. The average molecular weight is 258 g/mol. The van der Waals surface area contributed by atoms with E-state index in [4.69, 9.17) is 4.74 Å². The summed E-state index contributed by atoms with van der Waals surface area (Å²) in [6.07, 6.45) is 0.750. The van der Waals surface area contributed by atoms with Gasteiger partial charge in [-0.3, -0.25) is 0 Å². The van der Waals surface area contributed by atoms with Gasteiger partial charge < -0.3 is 10.1 Å². The first-order valence-electron chi connectivity index (χ1n) is 5.38. The molecule has 1 aromatic rings. The van der Waals surface area contributed by atoms with Crippen molar-refractivity contribution in [2.24, 2.45) is 0 Å². The van der Waals surface area contributed by atoms with Crippen molar-refractivity contribution >= 4 is 10.0 Å². The van der Waals surface area contributed by atoms with Gasteiger partial charge in [0, 0.05) is 12.6 Å². The van der Waals surface area contributed by atoms with Gasteiger partial charge in [-0.25, -0.2) is 13.1 Å². The maximum atomic E-state index is 11.9. The van der Waals surface area contributed by atoms with Crippen LogP contribution in [0.4, 0.5) is 0 Å². The predicted octanol–water partition coefficient (Wildman–Crippen LogP) is 0.583. The molecule has 0 spiro atoms. The molecule has 17 heavy (non-hydrogen) atoms. The van der Waals surface area contributed by atoms with Crippen LogP contribution in [0.15, 0.2) is 29.2 Å². The zero-order chi connectivity index (χ0) is 12.7. The normalized spacial score (nSPS) is 11.4. The van der Waals surface area contributed by atoms with Gasteiger partial charge in [-0.2, -0.15) is 0 Å². The third-order valence-electron chi connectivity index (χ3n) is 2.25. The van der Waals surface area contributed by atoms with Crippen molar-refractivity contribution in [2.45, 2.75) is 11.3 Å². The molecule has 0 fully saturated rings. The van der Waals surface area contributed by atoms with Gasteiger partial charge in [0.25, 0.3) is 0 Å². The Hall–Kier alpha value is -1.11. The Kier molecular flexibility index (Phi) is 5.40. The van der Waals surface area contributed by atoms with E-state index < -0.39 is 10.0 Å². The minimum atomic E-state index is -3.43. The molecule has 0 radical (unpaired) electrons. The number of nitrogens with one attached hydrogen (secondary N) is 2. The highest BCUT2D eigenvalue weighted by Crippen LogP contribution is 2.16. The van der Waals surface area contributed by atoms with Crippen molar-refractivity contribution in [1.29, 1.82) is 0 Å². The molecule has 0 heterocycles. The molecule has 1 rings (SSSR count). The Morgan fingerprint density at radius 2 is 2.06 bits per heavy atom. The van der Waals surface area contributed by atoms with Crippen LogP contribution in [0, 0.1) is 0 Å². The predicted molar refractivity (Wildman–Crippen MR) is 66.7 cm³/mol. The van der Waals surface area contributed by atoms with Crippen LogP contribution in [-0.2, 0) is 10.0 Å². The van der Waals surface area contributed by atoms with Gasteiger partial charge in [-0.05, 0) is 32.1 Å². The molecule has 96 valence electrons. The Balaban J connectivity index is 2.68. The molecule has 0 aliphatic carbocycles. The van der Waals surface area contributed by atoms with E-state index in [1.165, 1.54) is 13.2 Å².